The molecule has 6 nitrogen and oxygen atoms in total. The predicted molar refractivity (Wildman–Crippen MR) is 91.7 cm³/mol. The second-order valence-corrected chi connectivity index (χ2v) is 6.75. The van der Waals surface area contributed by atoms with Gasteiger partial charge in [-0.05, 0) is 18.1 Å². The summed E-state index contributed by atoms with van der Waals surface area (Å²) < 4.78 is 11.0. The maximum atomic E-state index is 12.2. The van der Waals surface area contributed by atoms with Gasteiger partial charge in [-0.25, -0.2) is 0 Å². The van der Waals surface area contributed by atoms with Gasteiger partial charge in [0.1, 0.15) is 5.69 Å². The monoisotopic (exact) mass is 331 g/mol. The molecule has 130 valence electrons. The molecule has 3 rings (SSSR count). The highest BCUT2D eigenvalue weighted by Gasteiger charge is 2.21. The minimum atomic E-state index is -0.0568. The van der Waals surface area contributed by atoms with Gasteiger partial charge in [0.05, 0.1) is 19.1 Å². The lowest BCUT2D eigenvalue weighted by molar-refractivity contribution is -0.121. The van der Waals surface area contributed by atoms with Crippen LogP contribution in [0.5, 0.6) is 0 Å². The standard InChI is InChI=1S/C18H25N3O3/c1-13(2)11-21-7-8-23-14(12-21)10-19-18(22)9-16-15-5-3-4-6-17(15)24-20-16/h3-6,13-14H,7-12H2,1-2H3,(H,19,22)/t14-/m0/s1. The van der Waals surface area contributed by atoms with Crippen LogP contribution in [0.2, 0.25) is 0 Å². The third-order valence-electron chi connectivity index (χ3n) is 4.15. The van der Waals surface area contributed by atoms with Crippen LogP contribution in [-0.2, 0) is 16.0 Å². The van der Waals surface area contributed by atoms with Crippen molar-refractivity contribution in [3.63, 3.8) is 0 Å². The van der Waals surface area contributed by atoms with E-state index in [1.807, 2.05) is 24.3 Å². The van der Waals surface area contributed by atoms with Crippen LogP contribution in [0.1, 0.15) is 19.5 Å². The Balaban J connectivity index is 1.49. The minimum Gasteiger partial charge on any atom is -0.374 e. The predicted octanol–water partition coefficient (Wildman–Crippen LogP) is 1.84. The zero-order valence-corrected chi connectivity index (χ0v) is 14.3. The number of fused-ring (bicyclic) bond motifs is 1. The molecule has 1 aromatic heterocycles. The van der Waals surface area contributed by atoms with Crippen molar-refractivity contribution >= 4 is 16.9 Å². The van der Waals surface area contributed by atoms with Gasteiger partial charge in [0.15, 0.2) is 5.58 Å². The highest BCUT2D eigenvalue weighted by atomic mass is 16.5. The van der Waals surface area contributed by atoms with Gasteiger partial charge in [-0.2, -0.15) is 0 Å². The zero-order chi connectivity index (χ0) is 16.9. The van der Waals surface area contributed by atoms with Crippen molar-refractivity contribution in [3.05, 3.63) is 30.0 Å². The molecule has 1 atom stereocenters. The van der Waals surface area contributed by atoms with Gasteiger partial charge in [0.25, 0.3) is 0 Å². The minimum absolute atomic E-state index is 0.0514. The molecule has 1 amide bonds. The Morgan fingerprint density at radius 1 is 1.42 bits per heavy atom. The number of rotatable bonds is 6. The van der Waals surface area contributed by atoms with Crippen molar-refractivity contribution in [2.24, 2.45) is 5.92 Å². The van der Waals surface area contributed by atoms with Crippen molar-refractivity contribution in [1.82, 2.24) is 15.4 Å². The van der Waals surface area contributed by atoms with E-state index in [9.17, 15) is 4.79 Å². The van der Waals surface area contributed by atoms with E-state index >= 15 is 0 Å². The van der Waals surface area contributed by atoms with Gasteiger partial charge < -0.3 is 14.6 Å². The largest absolute Gasteiger partial charge is 0.374 e. The first-order chi connectivity index (χ1) is 11.6. The maximum Gasteiger partial charge on any atom is 0.226 e. The number of carbonyl (C=O) groups excluding carboxylic acids is 1. The number of nitrogens with zero attached hydrogens (tertiary/aromatic N) is 2. The van der Waals surface area contributed by atoms with Crippen LogP contribution in [0.25, 0.3) is 11.0 Å². The van der Waals surface area contributed by atoms with Crippen molar-refractivity contribution in [3.8, 4) is 0 Å². The van der Waals surface area contributed by atoms with Crippen LogP contribution < -0.4 is 5.32 Å². The van der Waals surface area contributed by atoms with Crippen LogP contribution in [0.3, 0.4) is 0 Å². The van der Waals surface area contributed by atoms with E-state index in [0.717, 1.165) is 31.6 Å². The fourth-order valence-corrected chi connectivity index (χ4v) is 3.09. The Morgan fingerprint density at radius 2 is 2.25 bits per heavy atom. The summed E-state index contributed by atoms with van der Waals surface area (Å²) in [5.74, 6) is 0.581. The summed E-state index contributed by atoms with van der Waals surface area (Å²) in [7, 11) is 0. The second kappa shape index (κ2) is 7.77. The number of benzene rings is 1. The summed E-state index contributed by atoms with van der Waals surface area (Å²) in [6, 6.07) is 7.58. The quantitative estimate of drug-likeness (QED) is 0.875. The molecule has 0 unspecified atom stereocenters. The Morgan fingerprint density at radius 3 is 3.08 bits per heavy atom. The van der Waals surface area contributed by atoms with Crippen LogP contribution in [0.15, 0.2) is 28.8 Å². The van der Waals surface area contributed by atoms with Gasteiger partial charge in [0.2, 0.25) is 5.91 Å². The van der Waals surface area contributed by atoms with Gasteiger partial charge in [-0.3, -0.25) is 9.69 Å². The van der Waals surface area contributed by atoms with E-state index < -0.39 is 0 Å². The first-order valence-electron chi connectivity index (χ1n) is 8.55. The van der Waals surface area contributed by atoms with Gasteiger partial charge in [-0.1, -0.05) is 31.1 Å². The van der Waals surface area contributed by atoms with Crippen molar-refractivity contribution in [1.29, 1.82) is 0 Å². The van der Waals surface area contributed by atoms with Crippen LogP contribution in [-0.4, -0.2) is 54.9 Å². The van der Waals surface area contributed by atoms with E-state index in [1.54, 1.807) is 0 Å². The third-order valence-corrected chi connectivity index (χ3v) is 4.15. The lowest BCUT2D eigenvalue weighted by Gasteiger charge is -2.33. The molecule has 1 N–H and O–H groups in total. The molecule has 24 heavy (non-hydrogen) atoms. The number of hydrogen-bond acceptors (Lipinski definition) is 5. The van der Waals surface area contributed by atoms with Gasteiger partial charge >= 0.3 is 0 Å². The molecular formula is C18H25N3O3. The van der Waals surface area contributed by atoms with Gasteiger partial charge in [0, 0.05) is 31.6 Å². The summed E-state index contributed by atoms with van der Waals surface area (Å²) in [6.07, 6.45) is 0.273. The number of amides is 1. The number of aromatic nitrogens is 1. The lowest BCUT2D eigenvalue weighted by Crippen LogP contribution is -2.48. The summed E-state index contributed by atoms with van der Waals surface area (Å²) >= 11 is 0. The zero-order valence-electron chi connectivity index (χ0n) is 14.3. The van der Waals surface area contributed by atoms with E-state index in [2.05, 4.69) is 29.2 Å². The normalized spacial score (nSPS) is 19.0. The van der Waals surface area contributed by atoms with Crippen molar-refractivity contribution in [2.45, 2.75) is 26.4 Å². The molecule has 6 heteroatoms. The average Bonchev–Trinajstić information content (AvgIpc) is 2.96. The number of hydrogen-bond donors (Lipinski definition) is 1. The fourth-order valence-electron chi connectivity index (χ4n) is 3.09. The average molecular weight is 331 g/mol. The lowest BCUT2D eigenvalue weighted by atomic mass is 10.1. The number of morpholine rings is 1. The second-order valence-electron chi connectivity index (χ2n) is 6.75. The number of nitrogens with one attached hydrogen (secondary N) is 1. The van der Waals surface area contributed by atoms with E-state index in [0.29, 0.717) is 23.7 Å². The topological polar surface area (TPSA) is 67.6 Å². The molecule has 1 aliphatic heterocycles. The summed E-state index contributed by atoms with van der Waals surface area (Å²) in [5, 5.41) is 7.85. The van der Waals surface area contributed by atoms with Gasteiger partial charge in [-0.15, -0.1) is 0 Å². The van der Waals surface area contributed by atoms with E-state index in [1.165, 1.54) is 0 Å². The highest BCUT2D eigenvalue weighted by Crippen LogP contribution is 2.18. The molecule has 1 aliphatic rings. The molecule has 1 saturated heterocycles. The molecule has 2 heterocycles. The Kier molecular flexibility index (Phi) is 5.48. The molecule has 0 saturated carbocycles. The summed E-state index contributed by atoms with van der Waals surface area (Å²) in [5.41, 5.74) is 1.38. The molecule has 2 aromatic rings. The van der Waals surface area contributed by atoms with Crippen molar-refractivity contribution in [2.75, 3.05) is 32.8 Å². The summed E-state index contributed by atoms with van der Waals surface area (Å²) in [4.78, 5) is 14.6. The van der Waals surface area contributed by atoms with Crippen LogP contribution >= 0.6 is 0 Å². The Hall–Kier alpha value is -1.92. The molecule has 0 radical (unpaired) electrons. The van der Waals surface area contributed by atoms with E-state index in [-0.39, 0.29) is 18.4 Å². The van der Waals surface area contributed by atoms with Crippen molar-refractivity contribution < 1.29 is 14.1 Å². The van der Waals surface area contributed by atoms with Crippen LogP contribution in [0, 0.1) is 5.92 Å². The Bertz CT molecular complexity index is 683. The van der Waals surface area contributed by atoms with Crippen LogP contribution in [0.4, 0.5) is 0 Å². The summed E-state index contributed by atoms with van der Waals surface area (Å²) in [6.45, 7) is 8.59. The number of ether oxygens (including phenoxy) is 1. The number of para-hydroxylation sites is 1. The highest BCUT2D eigenvalue weighted by molar-refractivity contribution is 5.86. The molecule has 0 spiro atoms. The molecule has 0 bridgehead atoms. The maximum absolute atomic E-state index is 12.2. The molecule has 1 fully saturated rings. The SMILES string of the molecule is CC(C)CN1CCO[C@@H](CNC(=O)Cc2noc3ccccc23)C1. The smallest absolute Gasteiger partial charge is 0.226 e. The fraction of sp³-hybridized carbons (Fsp3) is 0.556. The number of carbonyl (C=O) groups is 1. The first-order valence-corrected chi connectivity index (χ1v) is 8.55. The third kappa shape index (κ3) is 4.33. The van der Waals surface area contributed by atoms with E-state index in [4.69, 9.17) is 9.26 Å². The Labute approximate surface area is 142 Å². The molecule has 0 aliphatic carbocycles. The molecule has 1 aromatic carbocycles. The molecular weight excluding hydrogens is 306 g/mol. The first kappa shape index (κ1) is 16.9.